The van der Waals surface area contributed by atoms with Crippen LogP contribution in [0.1, 0.15) is 54.5 Å². The van der Waals surface area contributed by atoms with Crippen LogP contribution in [0.25, 0.3) is 10.9 Å². The molecule has 7 heteroatoms. The number of Topliss-reactive ketones (excluding diaryl/α,β-unsaturated/α-hetero) is 1. The lowest BCUT2D eigenvalue weighted by Crippen LogP contribution is -2.33. The second-order valence-corrected chi connectivity index (χ2v) is 9.20. The number of nitrogens with zero attached hydrogens (tertiary/aromatic N) is 3. The van der Waals surface area contributed by atoms with E-state index in [9.17, 15) is 14.0 Å². The van der Waals surface area contributed by atoms with Gasteiger partial charge >= 0.3 is 0 Å². The fourth-order valence-corrected chi connectivity index (χ4v) is 5.02. The number of carbonyl (C=O) groups excluding carboxylic acids is 1. The molecule has 1 fully saturated rings. The van der Waals surface area contributed by atoms with Crippen molar-refractivity contribution in [3.8, 4) is 0 Å². The average Bonchev–Trinajstić information content (AvgIpc) is 3.12. The largest absolute Gasteiger partial charge is 0.297 e. The van der Waals surface area contributed by atoms with Crippen LogP contribution in [0.3, 0.4) is 0 Å². The van der Waals surface area contributed by atoms with E-state index in [1.165, 1.54) is 46.9 Å². The summed E-state index contributed by atoms with van der Waals surface area (Å²) in [6, 6.07) is 3.38. The van der Waals surface area contributed by atoms with Crippen molar-refractivity contribution in [2.24, 2.45) is 5.92 Å². The monoisotopic (exact) mass is 413 g/mol. The molecule has 29 heavy (non-hydrogen) atoms. The van der Waals surface area contributed by atoms with Crippen LogP contribution >= 0.6 is 11.3 Å². The minimum Gasteiger partial charge on any atom is -0.297 e. The normalized spacial score (nSPS) is 16.2. The van der Waals surface area contributed by atoms with E-state index < -0.39 is 11.9 Å². The molecule has 0 radical (unpaired) electrons. The summed E-state index contributed by atoms with van der Waals surface area (Å²) in [5, 5.41) is 0.966. The first-order valence-corrected chi connectivity index (χ1v) is 10.9. The molecule has 0 bridgehead atoms. The Hall–Kier alpha value is -2.41. The smallest absolute Gasteiger partial charge is 0.261 e. The molecule has 1 saturated carbocycles. The third-order valence-electron chi connectivity index (χ3n) is 5.73. The number of carbonyl (C=O) groups is 1. The highest BCUT2D eigenvalue weighted by Crippen LogP contribution is 2.31. The molecule has 0 N–H and O–H groups in total. The van der Waals surface area contributed by atoms with E-state index in [-0.39, 0.29) is 23.1 Å². The highest BCUT2D eigenvalue weighted by molar-refractivity contribution is 7.11. The first-order valence-electron chi connectivity index (χ1n) is 10.1. The number of hydrogen-bond donors (Lipinski definition) is 0. The SMILES string of the molecule is Cc1cnc(CC(=O)C(CC2CCCCC2)n2cnc3ccc(F)cc3c2=O)s1. The van der Waals surface area contributed by atoms with Gasteiger partial charge in [0.1, 0.15) is 10.8 Å². The Morgan fingerprint density at radius 1 is 1.28 bits per heavy atom. The van der Waals surface area contributed by atoms with Crippen LogP contribution < -0.4 is 5.56 Å². The molecule has 1 aliphatic rings. The standard InChI is InChI=1S/C22H24FN3O2S/c1-14-12-24-21(29-14)11-20(27)19(9-15-5-3-2-4-6-15)26-13-25-18-8-7-16(23)10-17(18)22(26)28/h7-8,10,12-13,15,19H,2-6,9,11H2,1H3. The van der Waals surface area contributed by atoms with Crippen molar-refractivity contribution in [3.63, 3.8) is 0 Å². The summed E-state index contributed by atoms with van der Waals surface area (Å²) >= 11 is 1.50. The van der Waals surface area contributed by atoms with Gasteiger partial charge in [0.15, 0.2) is 5.78 Å². The summed E-state index contributed by atoms with van der Waals surface area (Å²) in [4.78, 5) is 36.1. The van der Waals surface area contributed by atoms with Gasteiger partial charge in [-0.25, -0.2) is 14.4 Å². The Morgan fingerprint density at radius 2 is 2.07 bits per heavy atom. The highest BCUT2D eigenvalue weighted by atomic mass is 32.1. The average molecular weight is 414 g/mol. The number of aromatic nitrogens is 3. The van der Waals surface area contributed by atoms with Crippen LogP contribution in [0, 0.1) is 18.7 Å². The third-order valence-corrected chi connectivity index (χ3v) is 6.64. The van der Waals surface area contributed by atoms with Crippen LogP contribution in [-0.4, -0.2) is 20.3 Å². The van der Waals surface area contributed by atoms with Gasteiger partial charge in [0.2, 0.25) is 0 Å². The molecule has 1 atom stereocenters. The molecule has 2 aromatic heterocycles. The lowest BCUT2D eigenvalue weighted by molar-refractivity contribution is -0.122. The molecule has 0 spiro atoms. The van der Waals surface area contributed by atoms with Gasteiger partial charge in [-0.15, -0.1) is 11.3 Å². The van der Waals surface area contributed by atoms with Gasteiger partial charge in [0.25, 0.3) is 5.56 Å². The van der Waals surface area contributed by atoms with Crippen molar-refractivity contribution in [2.45, 2.75) is 57.9 Å². The third kappa shape index (κ3) is 4.45. The van der Waals surface area contributed by atoms with Crippen LogP contribution in [0.2, 0.25) is 0 Å². The lowest BCUT2D eigenvalue weighted by atomic mass is 9.83. The topological polar surface area (TPSA) is 64.8 Å². The van der Waals surface area contributed by atoms with Gasteiger partial charge in [-0.3, -0.25) is 14.2 Å². The van der Waals surface area contributed by atoms with Crippen LogP contribution in [0.15, 0.2) is 35.5 Å². The number of aryl methyl sites for hydroxylation is 1. The van der Waals surface area contributed by atoms with Gasteiger partial charge in [-0.2, -0.15) is 0 Å². The van der Waals surface area contributed by atoms with E-state index >= 15 is 0 Å². The number of hydrogen-bond acceptors (Lipinski definition) is 5. The number of halogens is 1. The second-order valence-electron chi connectivity index (χ2n) is 7.88. The summed E-state index contributed by atoms with van der Waals surface area (Å²) < 4.78 is 15.1. The first-order chi connectivity index (χ1) is 14.0. The second kappa shape index (κ2) is 8.53. The van der Waals surface area contributed by atoms with Crippen molar-refractivity contribution in [2.75, 3.05) is 0 Å². The zero-order valence-electron chi connectivity index (χ0n) is 16.4. The summed E-state index contributed by atoms with van der Waals surface area (Å²) in [6.07, 6.45) is 9.71. The zero-order chi connectivity index (χ0) is 20.4. The maximum absolute atomic E-state index is 13.7. The van der Waals surface area contributed by atoms with Crippen LogP contribution in [0.4, 0.5) is 4.39 Å². The molecule has 2 heterocycles. The summed E-state index contributed by atoms with van der Waals surface area (Å²) in [6.45, 7) is 1.96. The minimum atomic E-state index is -0.602. The van der Waals surface area contributed by atoms with E-state index in [1.54, 1.807) is 6.20 Å². The number of thiazole rings is 1. The predicted octanol–water partition coefficient (Wildman–Crippen LogP) is 4.62. The molecule has 0 aliphatic heterocycles. The number of ketones is 1. The summed E-state index contributed by atoms with van der Waals surface area (Å²) in [7, 11) is 0. The number of benzene rings is 1. The molecular formula is C22H24FN3O2S. The van der Waals surface area contributed by atoms with Crippen molar-refractivity contribution in [1.29, 1.82) is 0 Å². The molecule has 152 valence electrons. The Bertz CT molecular complexity index is 1090. The number of rotatable bonds is 6. The van der Waals surface area contributed by atoms with Gasteiger partial charge < -0.3 is 0 Å². The fraction of sp³-hybridized carbons (Fsp3) is 0.455. The molecule has 1 unspecified atom stereocenters. The van der Waals surface area contributed by atoms with E-state index in [2.05, 4.69) is 9.97 Å². The first kappa shape index (κ1) is 19.9. The van der Waals surface area contributed by atoms with E-state index in [0.29, 0.717) is 17.9 Å². The van der Waals surface area contributed by atoms with E-state index in [0.717, 1.165) is 35.6 Å². The quantitative estimate of drug-likeness (QED) is 0.591. The van der Waals surface area contributed by atoms with E-state index in [4.69, 9.17) is 0 Å². The van der Waals surface area contributed by atoms with Crippen molar-refractivity contribution in [3.05, 3.63) is 56.8 Å². The van der Waals surface area contributed by atoms with Crippen molar-refractivity contribution < 1.29 is 9.18 Å². The molecule has 0 saturated heterocycles. The lowest BCUT2D eigenvalue weighted by Gasteiger charge is -2.27. The molecule has 1 aliphatic carbocycles. The maximum Gasteiger partial charge on any atom is 0.261 e. The van der Waals surface area contributed by atoms with Gasteiger partial charge in [0.05, 0.1) is 29.7 Å². The van der Waals surface area contributed by atoms with Gasteiger partial charge in [-0.1, -0.05) is 32.1 Å². The minimum absolute atomic E-state index is 0.0374. The molecule has 5 nitrogen and oxygen atoms in total. The Balaban J connectivity index is 1.70. The summed E-state index contributed by atoms with van der Waals surface area (Å²) in [5.74, 6) is -0.113. The van der Waals surface area contributed by atoms with Crippen molar-refractivity contribution >= 4 is 28.0 Å². The fourth-order valence-electron chi connectivity index (χ4n) is 4.22. The Labute approximate surface area is 172 Å². The zero-order valence-corrected chi connectivity index (χ0v) is 17.3. The molecular weight excluding hydrogens is 389 g/mol. The Kier molecular flexibility index (Phi) is 5.85. The molecule has 4 rings (SSSR count). The molecule has 1 aromatic carbocycles. The van der Waals surface area contributed by atoms with Crippen LogP contribution in [-0.2, 0) is 11.2 Å². The molecule has 3 aromatic rings. The van der Waals surface area contributed by atoms with Gasteiger partial charge in [-0.05, 0) is 37.5 Å². The maximum atomic E-state index is 13.7. The molecule has 0 amide bonds. The highest BCUT2D eigenvalue weighted by Gasteiger charge is 2.28. The van der Waals surface area contributed by atoms with Gasteiger partial charge in [0, 0.05) is 11.1 Å². The number of fused-ring (bicyclic) bond motifs is 1. The summed E-state index contributed by atoms with van der Waals surface area (Å²) in [5.41, 5.74) is 0.0750. The van der Waals surface area contributed by atoms with Crippen molar-refractivity contribution in [1.82, 2.24) is 14.5 Å². The van der Waals surface area contributed by atoms with E-state index in [1.807, 2.05) is 6.92 Å². The Morgan fingerprint density at radius 3 is 2.79 bits per heavy atom. The van der Waals surface area contributed by atoms with Crippen LogP contribution in [0.5, 0.6) is 0 Å². The predicted molar refractivity (Wildman–Crippen MR) is 112 cm³/mol.